The number of imide groups is 1. The summed E-state index contributed by atoms with van der Waals surface area (Å²) in [4.78, 5) is 46.9. The number of hydrogen-bond donors (Lipinski definition) is 3. The first-order valence-electron chi connectivity index (χ1n) is 8.55. The summed E-state index contributed by atoms with van der Waals surface area (Å²) < 4.78 is 9.85. The van der Waals surface area contributed by atoms with Gasteiger partial charge in [0.2, 0.25) is 0 Å². The zero-order valence-corrected chi connectivity index (χ0v) is 15.5. The lowest BCUT2D eigenvalue weighted by atomic mass is 10.2. The number of carbonyl (C=O) groups is 4. The number of rotatable bonds is 7. The molecule has 0 aliphatic heterocycles. The van der Waals surface area contributed by atoms with Gasteiger partial charge in [-0.3, -0.25) is 14.9 Å². The first-order chi connectivity index (χ1) is 13.3. The Morgan fingerprint density at radius 2 is 1.79 bits per heavy atom. The maximum Gasteiger partial charge on any atom is 0.338 e. The van der Waals surface area contributed by atoms with Crippen molar-refractivity contribution in [2.24, 2.45) is 5.92 Å². The highest BCUT2D eigenvalue weighted by molar-refractivity contribution is 6.02. The van der Waals surface area contributed by atoms with Gasteiger partial charge in [-0.05, 0) is 42.3 Å². The first kappa shape index (κ1) is 20.7. The van der Waals surface area contributed by atoms with Gasteiger partial charge in [0.1, 0.15) is 0 Å². The van der Waals surface area contributed by atoms with Crippen molar-refractivity contribution >= 4 is 29.5 Å². The molecule has 148 valence electrons. The number of benzene rings is 1. The molecule has 2 aromatic rings. The maximum atomic E-state index is 12.0. The molecule has 0 saturated heterocycles. The van der Waals surface area contributed by atoms with Crippen LogP contribution in [0.1, 0.15) is 34.8 Å². The number of esters is 1. The van der Waals surface area contributed by atoms with Crippen molar-refractivity contribution in [3.05, 3.63) is 54.0 Å². The van der Waals surface area contributed by atoms with Gasteiger partial charge in [-0.25, -0.2) is 9.59 Å². The van der Waals surface area contributed by atoms with E-state index in [1.807, 2.05) is 13.8 Å². The van der Waals surface area contributed by atoms with Crippen LogP contribution >= 0.6 is 0 Å². The van der Waals surface area contributed by atoms with Crippen LogP contribution in [0.15, 0.2) is 47.1 Å². The van der Waals surface area contributed by atoms with Crippen LogP contribution in [0.25, 0.3) is 0 Å². The topological polar surface area (TPSA) is 127 Å². The van der Waals surface area contributed by atoms with Crippen LogP contribution in [0.2, 0.25) is 0 Å². The van der Waals surface area contributed by atoms with Gasteiger partial charge in [-0.1, -0.05) is 13.8 Å². The number of carbonyl (C=O) groups excluding carboxylic acids is 4. The standard InChI is InChI=1S/C19H21N3O6/c1-12(2)10-20-19(26)22-16(23)11-28-18(25)13-5-7-14(8-6-13)21-17(24)15-4-3-9-27-15/h3-9,12H,10-11H2,1-2H3,(H,21,24)(H2,20,22,23,26). The van der Waals surface area contributed by atoms with Crippen molar-refractivity contribution in [1.82, 2.24) is 10.6 Å². The molecule has 0 bridgehead atoms. The molecule has 0 saturated carbocycles. The van der Waals surface area contributed by atoms with Gasteiger partial charge in [0.15, 0.2) is 12.4 Å². The Hall–Kier alpha value is -3.62. The number of urea groups is 1. The summed E-state index contributed by atoms with van der Waals surface area (Å²) in [6, 6.07) is 8.37. The Balaban J connectivity index is 1.78. The van der Waals surface area contributed by atoms with Crippen LogP contribution in [-0.2, 0) is 9.53 Å². The van der Waals surface area contributed by atoms with E-state index in [0.29, 0.717) is 12.2 Å². The van der Waals surface area contributed by atoms with Crippen LogP contribution in [0, 0.1) is 5.92 Å². The molecule has 0 aliphatic carbocycles. The second-order valence-corrected chi connectivity index (χ2v) is 6.24. The van der Waals surface area contributed by atoms with E-state index in [1.165, 1.54) is 36.6 Å². The Morgan fingerprint density at radius 3 is 2.39 bits per heavy atom. The largest absolute Gasteiger partial charge is 0.459 e. The molecule has 28 heavy (non-hydrogen) atoms. The lowest BCUT2D eigenvalue weighted by molar-refractivity contribution is -0.123. The fourth-order valence-electron chi connectivity index (χ4n) is 2.01. The van der Waals surface area contributed by atoms with E-state index in [9.17, 15) is 19.2 Å². The summed E-state index contributed by atoms with van der Waals surface area (Å²) in [6.07, 6.45) is 1.39. The van der Waals surface area contributed by atoms with Crippen LogP contribution in [0.3, 0.4) is 0 Å². The smallest absolute Gasteiger partial charge is 0.338 e. The van der Waals surface area contributed by atoms with Crippen molar-refractivity contribution in [2.75, 3.05) is 18.5 Å². The summed E-state index contributed by atoms with van der Waals surface area (Å²) in [7, 11) is 0. The molecular weight excluding hydrogens is 366 g/mol. The Kier molecular flexibility index (Phi) is 7.32. The molecule has 0 unspecified atom stereocenters. The van der Waals surface area contributed by atoms with Gasteiger partial charge in [-0.2, -0.15) is 0 Å². The van der Waals surface area contributed by atoms with E-state index in [4.69, 9.17) is 9.15 Å². The van der Waals surface area contributed by atoms with E-state index >= 15 is 0 Å². The zero-order valence-electron chi connectivity index (χ0n) is 15.5. The van der Waals surface area contributed by atoms with Crippen LogP contribution < -0.4 is 16.0 Å². The van der Waals surface area contributed by atoms with Crippen LogP contribution in [-0.4, -0.2) is 37.0 Å². The molecule has 4 amide bonds. The monoisotopic (exact) mass is 387 g/mol. The maximum absolute atomic E-state index is 12.0. The number of furan rings is 1. The average molecular weight is 387 g/mol. The van der Waals surface area contributed by atoms with Gasteiger partial charge >= 0.3 is 12.0 Å². The molecule has 9 nitrogen and oxygen atoms in total. The van der Waals surface area contributed by atoms with Crippen LogP contribution in [0.5, 0.6) is 0 Å². The van der Waals surface area contributed by atoms with Crippen LogP contribution in [0.4, 0.5) is 10.5 Å². The van der Waals surface area contributed by atoms with E-state index in [-0.39, 0.29) is 17.2 Å². The highest BCUT2D eigenvalue weighted by atomic mass is 16.5. The SMILES string of the molecule is CC(C)CNC(=O)NC(=O)COC(=O)c1ccc(NC(=O)c2ccco2)cc1. The molecule has 0 aliphatic rings. The van der Waals surface area contributed by atoms with E-state index in [0.717, 1.165) is 0 Å². The third-order valence-electron chi connectivity index (χ3n) is 3.38. The summed E-state index contributed by atoms with van der Waals surface area (Å²) >= 11 is 0. The van der Waals surface area contributed by atoms with Gasteiger partial charge in [0, 0.05) is 12.2 Å². The number of ether oxygens (including phenoxy) is 1. The van der Waals surface area contributed by atoms with Gasteiger partial charge < -0.3 is 19.8 Å². The molecule has 0 radical (unpaired) electrons. The highest BCUT2D eigenvalue weighted by Gasteiger charge is 2.13. The minimum Gasteiger partial charge on any atom is -0.459 e. The molecule has 0 atom stereocenters. The van der Waals surface area contributed by atoms with E-state index < -0.39 is 30.4 Å². The molecule has 1 heterocycles. The lowest BCUT2D eigenvalue weighted by Crippen LogP contribution is -2.42. The summed E-state index contributed by atoms with van der Waals surface area (Å²) in [6.45, 7) is 3.65. The average Bonchev–Trinajstić information content (AvgIpc) is 3.20. The Bertz CT molecular complexity index is 828. The molecule has 2 rings (SSSR count). The van der Waals surface area contributed by atoms with Crippen molar-refractivity contribution in [3.8, 4) is 0 Å². The fraction of sp³-hybridized carbons (Fsp3) is 0.263. The molecule has 9 heteroatoms. The second kappa shape index (κ2) is 9.91. The van der Waals surface area contributed by atoms with E-state index in [2.05, 4.69) is 16.0 Å². The first-order valence-corrected chi connectivity index (χ1v) is 8.55. The van der Waals surface area contributed by atoms with Gasteiger partial charge in [-0.15, -0.1) is 0 Å². The normalized spacial score (nSPS) is 10.2. The minimum absolute atomic E-state index is 0.159. The number of nitrogens with one attached hydrogen (secondary N) is 3. The van der Waals surface area contributed by atoms with Crippen molar-refractivity contribution in [3.63, 3.8) is 0 Å². The quantitative estimate of drug-likeness (QED) is 0.625. The highest BCUT2D eigenvalue weighted by Crippen LogP contribution is 2.12. The number of amides is 4. The predicted molar refractivity (Wildman–Crippen MR) is 99.8 cm³/mol. The molecule has 1 aromatic heterocycles. The molecular formula is C19H21N3O6. The number of hydrogen-bond acceptors (Lipinski definition) is 6. The molecule has 1 aromatic carbocycles. The molecule has 0 spiro atoms. The fourth-order valence-corrected chi connectivity index (χ4v) is 2.01. The zero-order chi connectivity index (χ0) is 20.5. The second-order valence-electron chi connectivity index (χ2n) is 6.24. The Labute approximate surface area is 161 Å². The van der Waals surface area contributed by atoms with Crippen molar-refractivity contribution in [1.29, 1.82) is 0 Å². The summed E-state index contributed by atoms with van der Waals surface area (Å²) in [5.74, 6) is -1.50. The summed E-state index contributed by atoms with van der Waals surface area (Å²) in [5.41, 5.74) is 0.644. The van der Waals surface area contributed by atoms with Crippen molar-refractivity contribution < 1.29 is 28.3 Å². The number of anilines is 1. The summed E-state index contributed by atoms with van der Waals surface area (Å²) in [5, 5.41) is 7.18. The Morgan fingerprint density at radius 1 is 1.07 bits per heavy atom. The minimum atomic E-state index is -0.739. The van der Waals surface area contributed by atoms with Gasteiger partial charge in [0.05, 0.1) is 11.8 Å². The predicted octanol–water partition coefficient (Wildman–Crippen LogP) is 2.17. The van der Waals surface area contributed by atoms with Gasteiger partial charge in [0.25, 0.3) is 11.8 Å². The third-order valence-corrected chi connectivity index (χ3v) is 3.38. The molecule has 3 N–H and O–H groups in total. The lowest BCUT2D eigenvalue weighted by Gasteiger charge is -2.09. The van der Waals surface area contributed by atoms with Crippen molar-refractivity contribution in [2.45, 2.75) is 13.8 Å². The third kappa shape index (κ3) is 6.60. The van der Waals surface area contributed by atoms with E-state index in [1.54, 1.807) is 6.07 Å². The molecule has 0 fully saturated rings.